The van der Waals surface area contributed by atoms with Crippen molar-refractivity contribution < 1.29 is 52.3 Å². The second-order valence-corrected chi connectivity index (χ2v) is 10.3. The maximum atomic E-state index is 12.6. The van der Waals surface area contributed by atoms with E-state index in [1.54, 1.807) is 6.92 Å². The highest BCUT2D eigenvalue weighted by atomic mass is 16.7. The lowest BCUT2D eigenvalue weighted by Crippen LogP contribution is -2.51. The predicted molar refractivity (Wildman–Crippen MR) is 144 cm³/mol. The van der Waals surface area contributed by atoms with Crippen LogP contribution in [0.3, 0.4) is 0 Å². The summed E-state index contributed by atoms with van der Waals surface area (Å²) < 4.78 is 35.8. The van der Waals surface area contributed by atoms with Crippen LogP contribution >= 0.6 is 0 Å². The second kappa shape index (κ2) is 17.2. The van der Waals surface area contributed by atoms with Crippen LogP contribution in [-0.2, 0) is 34.9 Å². The van der Waals surface area contributed by atoms with Crippen molar-refractivity contribution in [2.24, 2.45) is 17.6 Å². The lowest BCUT2D eigenvalue weighted by Gasteiger charge is -2.26. The van der Waals surface area contributed by atoms with E-state index in [2.05, 4.69) is 0 Å². The summed E-state index contributed by atoms with van der Waals surface area (Å²) in [5.41, 5.74) is 5.21. The Kier molecular flexibility index (Phi) is 14.8. The van der Waals surface area contributed by atoms with E-state index in [0.29, 0.717) is 12.0 Å². The molecule has 0 aromatic heterocycles. The molecular weight excluding hydrogens is 526 g/mol. The van der Waals surface area contributed by atoms with Crippen LogP contribution in [0.1, 0.15) is 66.4 Å². The molecule has 0 heterocycles. The first-order valence-corrected chi connectivity index (χ1v) is 13.3. The zero-order valence-electron chi connectivity index (χ0n) is 24.5. The van der Waals surface area contributed by atoms with Crippen molar-refractivity contribution in [1.29, 1.82) is 0 Å². The van der Waals surface area contributed by atoms with Crippen LogP contribution in [0.15, 0.2) is 18.2 Å². The molecule has 226 valence electrons. The number of methoxy groups -OCH3 is 1. The molecule has 1 aromatic carbocycles. The number of esters is 1. The van der Waals surface area contributed by atoms with Gasteiger partial charge >= 0.3 is 24.4 Å². The highest BCUT2D eigenvalue weighted by Gasteiger charge is 2.36. The second-order valence-electron chi connectivity index (χ2n) is 10.3. The van der Waals surface area contributed by atoms with E-state index in [-0.39, 0.29) is 62.1 Å². The first kappa shape index (κ1) is 34.5. The minimum atomic E-state index is -1.61. The molecule has 12 heteroatoms. The average Bonchev–Trinajstić information content (AvgIpc) is 2.87. The molecule has 0 spiro atoms. The third-order valence-corrected chi connectivity index (χ3v) is 5.34. The van der Waals surface area contributed by atoms with Crippen LogP contribution in [-0.4, -0.2) is 63.0 Å². The van der Waals surface area contributed by atoms with Crippen molar-refractivity contribution in [2.45, 2.75) is 78.9 Å². The smallest absolute Gasteiger partial charge is 0.468 e. The number of nitrogens with two attached hydrogens (primary N) is 1. The fourth-order valence-corrected chi connectivity index (χ4v) is 3.34. The molecule has 1 rings (SSSR count). The van der Waals surface area contributed by atoms with E-state index in [0.717, 1.165) is 6.42 Å². The van der Waals surface area contributed by atoms with Crippen molar-refractivity contribution in [1.82, 2.24) is 0 Å². The number of benzene rings is 1. The summed E-state index contributed by atoms with van der Waals surface area (Å²) in [5.74, 6) is -0.858. The Morgan fingerprint density at radius 1 is 0.850 bits per heavy atom. The SMILES string of the molecule is CCC[C@H](C)OC(=O)OCC[C@@](N)(Cc1ccc(OC(=O)OCC(C)C)c(OC(=O)OCC(C)C)c1)C(=O)OC. The van der Waals surface area contributed by atoms with Gasteiger partial charge in [0.2, 0.25) is 0 Å². The molecule has 0 saturated heterocycles. The van der Waals surface area contributed by atoms with Crippen LogP contribution in [0.4, 0.5) is 14.4 Å². The molecule has 0 saturated carbocycles. The molecule has 0 unspecified atom stereocenters. The molecule has 0 radical (unpaired) electrons. The predicted octanol–water partition coefficient (Wildman–Crippen LogP) is 5.17. The number of hydrogen-bond acceptors (Lipinski definition) is 12. The molecule has 1 aromatic rings. The van der Waals surface area contributed by atoms with E-state index in [4.69, 9.17) is 38.9 Å². The van der Waals surface area contributed by atoms with E-state index in [1.807, 2.05) is 34.6 Å². The Balaban J connectivity index is 3.10. The van der Waals surface area contributed by atoms with E-state index in [9.17, 15) is 19.2 Å². The van der Waals surface area contributed by atoms with Gasteiger partial charge in [0.15, 0.2) is 11.5 Å². The lowest BCUT2D eigenvalue weighted by molar-refractivity contribution is -0.147. The summed E-state index contributed by atoms with van der Waals surface area (Å²) in [6.07, 6.45) is -1.84. The zero-order valence-corrected chi connectivity index (χ0v) is 24.5. The molecule has 0 aliphatic rings. The largest absolute Gasteiger partial charge is 0.513 e. The minimum absolute atomic E-state index is 0.0629. The van der Waals surface area contributed by atoms with E-state index < -0.39 is 30.0 Å². The van der Waals surface area contributed by atoms with Crippen molar-refractivity contribution in [3.05, 3.63) is 23.8 Å². The summed E-state index contributed by atoms with van der Waals surface area (Å²) in [4.78, 5) is 49.0. The van der Waals surface area contributed by atoms with Crippen molar-refractivity contribution in [3.8, 4) is 11.5 Å². The summed E-state index contributed by atoms with van der Waals surface area (Å²) in [7, 11) is 1.18. The Morgan fingerprint density at radius 3 is 1.95 bits per heavy atom. The molecule has 2 N–H and O–H groups in total. The van der Waals surface area contributed by atoms with Crippen LogP contribution in [0, 0.1) is 11.8 Å². The molecule has 0 fully saturated rings. The van der Waals surface area contributed by atoms with Gasteiger partial charge in [-0.15, -0.1) is 0 Å². The lowest BCUT2D eigenvalue weighted by atomic mass is 9.88. The highest BCUT2D eigenvalue weighted by Crippen LogP contribution is 2.31. The number of carbonyl (C=O) groups is 4. The van der Waals surface area contributed by atoms with Crippen LogP contribution in [0.25, 0.3) is 0 Å². The monoisotopic (exact) mass is 569 g/mol. The van der Waals surface area contributed by atoms with Gasteiger partial charge in [0.05, 0.1) is 26.9 Å². The number of rotatable bonds is 15. The topological polar surface area (TPSA) is 159 Å². The zero-order chi connectivity index (χ0) is 30.3. The third-order valence-electron chi connectivity index (χ3n) is 5.34. The van der Waals surface area contributed by atoms with Gasteiger partial charge in [-0.05, 0) is 42.9 Å². The van der Waals surface area contributed by atoms with Gasteiger partial charge < -0.3 is 38.9 Å². The van der Waals surface area contributed by atoms with Gasteiger partial charge in [0, 0.05) is 12.8 Å². The van der Waals surface area contributed by atoms with Crippen LogP contribution in [0.5, 0.6) is 11.5 Å². The van der Waals surface area contributed by atoms with Crippen molar-refractivity contribution in [2.75, 3.05) is 26.9 Å². The fourth-order valence-electron chi connectivity index (χ4n) is 3.34. The maximum absolute atomic E-state index is 12.6. The molecule has 0 aliphatic carbocycles. The minimum Gasteiger partial charge on any atom is -0.468 e. The van der Waals surface area contributed by atoms with E-state index >= 15 is 0 Å². The van der Waals surface area contributed by atoms with Crippen LogP contribution < -0.4 is 15.2 Å². The molecule has 0 aliphatic heterocycles. The Hall–Kier alpha value is -3.54. The molecule has 12 nitrogen and oxygen atoms in total. The first-order chi connectivity index (χ1) is 18.8. The van der Waals surface area contributed by atoms with Crippen molar-refractivity contribution in [3.63, 3.8) is 0 Å². The van der Waals surface area contributed by atoms with Gasteiger partial charge in [-0.3, -0.25) is 4.79 Å². The summed E-state index contributed by atoms with van der Waals surface area (Å²) in [6, 6.07) is 4.29. The molecule has 0 bridgehead atoms. The summed E-state index contributed by atoms with van der Waals surface area (Å²) >= 11 is 0. The highest BCUT2D eigenvalue weighted by molar-refractivity contribution is 5.81. The third kappa shape index (κ3) is 13.0. The van der Waals surface area contributed by atoms with Gasteiger partial charge in [-0.1, -0.05) is 47.1 Å². The van der Waals surface area contributed by atoms with Gasteiger partial charge in [-0.25, -0.2) is 14.4 Å². The van der Waals surface area contributed by atoms with Gasteiger partial charge in [0.25, 0.3) is 0 Å². The number of carbonyl (C=O) groups excluding carboxylic acids is 4. The summed E-state index contributed by atoms with van der Waals surface area (Å²) in [5, 5.41) is 0. The Labute approximate surface area is 235 Å². The maximum Gasteiger partial charge on any atom is 0.513 e. The Bertz CT molecular complexity index is 979. The van der Waals surface area contributed by atoms with Crippen molar-refractivity contribution >= 4 is 24.4 Å². The molecular formula is C28H43NO11. The van der Waals surface area contributed by atoms with E-state index in [1.165, 1.54) is 25.3 Å². The molecule has 0 amide bonds. The molecule has 2 atom stereocenters. The number of ether oxygens (including phenoxy) is 7. The quantitative estimate of drug-likeness (QED) is 0.168. The average molecular weight is 570 g/mol. The van der Waals surface area contributed by atoms with Crippen LogP contribution in [0.2, 0.25) is 0 Å². The normalized spacial score (nSPS) is 13.2. The standard InChI is InChI=1S/C28H43NO11/c1-8-9-20(6)38-25(31)35-13-12-28(29,24(30)34-7)15-21-10-11-22(39-26(32)36-16-18(2)3)23(14-21)40-27(33)37-17-19(4)5/h10-11,14,18-20H,8-9,12-13,15-17,29H2,1-7H3/t20-,28+/m0/s1. The van der Waals surface area contributed by atoms with Gasteiger partial charge in [-0.2, -0.15) is 0 Å². The summed E-state index contributed by atoms with van der Waals surface area (Å²) in [6.45, 7) is 11.2. The fraction of sp³-hybridized carbons (Fsp3) is 0.643. The first-order valence-electron chi connectivity index (χ1n) is 13.3. The molecule has 40 heavy (non-hydrogen) atoms. The number of hydrogen-bond donors (Lipinski definition) is 1. The Morgan fingerprint density at radius 2 is 1.43 bits per heavy atom. The van der Waals surface area contributed by atoms with Gasteiger partial charge in [0.1, 0.15) is 11.6 Å².